The third-order valence-corrected chi connectivity index (χ3v) is 7.05. The Labute approximate surface area is 218 Å². The van der Waals surface area contributed by atoms with E-state index in [0.29, 0.717) is 22.3 Å². The van der Waals surface area contributed by atoms with Crippen LogP contribution in [-0.4, -0.2) is 50.5 Å². The fourth-order valence-corrected chi connectivity index (χ4v) is 4.72. The lowest BCUT2D eigenvalue weighted by Crippen LogP contribution is -2.48. The number of nitrogens with zero attached hydrogens (tertiary/aromatic N) is 2. The molecule has 0 aliphatic carbocycles. The fourth-order valence-electron chi connectivity index (χ4n) is 3.46. The summed E-state index contributed by atoms with van der Waals surface area (Å²) in [5, 5.41) is 3.88. The van der Waals surface area contributed by atoms with Gasteiger partial charge < -0.3 is 10.2 Å². The highest BCUT2D eigenvalue weighted by molar-refractivity contribution is 7.92. The van der Waals surface area contributed by atoms with Crippen LogP contribution in [0.4, 0.5) is 5.69 Å². The lowest BCUT2D eigenvalue weighted by atomic mass is 10.1. The molecule has 2 aromatic carbocycles. The second kappa shape index (κ2) is 13.1. The van der Waals surface area contributed by atoms with Crippen molar-refractivity contribution in [3.8, 4) is 0 Å². The maximum atomic E-state index is 13.3. The molecule has 0 heterocycles. The zero-order chi connectivity index (χ0) is 26.2. The summed E-state index contributed by atoms with van der Waals surface area (Å²) in [5.74, 6) is -0.204. The van der Waals surface area contributed by atoms with Gasteiger partial charge in [0.15, 0.2) is 0 Å². The number of rotatable bonds is 12. The molecule has 0 aliphatic heterocycles. The number of hydrogen-bond acceptors (Lipinski definition) is 4. The molecule has 0 saturated heterocycles. The first-order chi connectivity index (χ1) is 16.4. The standard InChI is InChI=1S/C25H33Cl2N3O4S/c1-18(2)16-28-25(32)19(3)29(17-20-10-12-21(26)13-11-20)24(31)9-6-14-30(35(4,33)34)23-8-5-7-22(27)15-23/h5,7-8,10-13,15,18-19H,6,9,14,16-17H2,1-4H3,(H,28,32)/t19-/m0/s1. The number of carbonyl (C=O) groups is 2. The van der Waals surface area contributed by atoms with Crippen LogP contribution >= 0.6 is 23.2 Å². The van der Waals surface area contributed by atoms with Crippen LogP contribution in [0.5, 0.6) is 0 Å². The second-order valence-electron chi connectivity index (χ2n) is 8.88. The highest BCUT2D eigenvalue weighted by Gasteiger charge is 2.26. The van der Waals surface area contributed by atoms with Crippen LogP contribution in [0, 0.1) is 5.92 Å². The Morgan fingerprint density at radius 1 is 1.00 bits per heavy atom. The van der Waals surface area contributed by atoms with E-state index >= 15 is 0 Å². The molecule has 0 radical (unpaired) electrons. The maximum absolute atomic E-state index is 13.3. The summed E-state index contributed by atoms with van der Waals surface area (Å²) in [6, 6.07) is 13.0. The first-order valence-electron chi connectivity index (χ1n) is 11.4. The van der Waals surface area contributed by atoms with E-state index in [1.165, 1.54) is 9.21 Å². The molecule has 0 spiro atoms. The Hall–Kier alpha value is -2.29. The van der Waals surface area contributed by atoms with E-state index in [1.807, 2.05) is 26.0 Å². The molecule has 0 aromatic heterocycles. The van der Waals surface area contributed by atoms with Crippen molar-refractivity contribution in [1.82, 2.24) is 10.2 Å². The molecule has 7 nitrogen and oxygen atoms in total. The number of anilines is 1. The van der Waals surface area contributed by atoms with Crippen LogP contribution in [0.25, 0.3) is 0 Å². The number of hydrogen-bond donors (Lipinski definition) is 1. The predicted molar refractivity (Wildman–Crippen MR) is 142 cm³/mol. The number of halogens is 2. The van der Waals surface area contributed by atoms with Crippen molar-refractivity contribution in [3.05, 3.63) is 64.1 Å². The van der Waals surface area contributed by atoms with E-state index in [0.717, 1.165) is 11.8 Å². The van der Waals surface area contributed by atoms with Crippen molar-refractivity contribution in [2.45, 2.75) is 46.2 Å². The van der Waals surface area contributed by atoms with Gasteiger partial charge in [-0.1, -0.05) is 55.2 Å². The van der Waals surface area contributed by atoms with Crippen molar-refractivity contribution in [3.63, 3.8) is 0 Å². The molecule has 0 aliphatic rings. The fraction of sp³-hybridized carbons (Fsp3) is 0.440. The zero-order valence-corrected chi connectivity index (χ0v) is 22.8. The first kappa shape index (κ1) is 28.9. The largest absolute Gasteiger partial charge is 0.354 e. The van der Waals surface area contributed by atoms with Gasteiger partial charge in [0.2, 0.25) is 21.8 Å². The topological polar surface area (TPSA) is 86.8 Å². The van der Waals surface area contributed by atoms with Crippen molar-refractivity contribution < 1.29 is 18.0 Å². The molecule has 2 amide bonds. The second-order valence-corrected chi connectivity index (χ2v) is 11.7. The highest BCUT2D eigenvalue weighted by atomic mass is 35.5. The summed E-state index contributed by atoms with van der Waals surface area (Å²) in [4.78, 5) is 27.5. The minimum atomic E-state index is -3.58. The normalized spacial score (nSPS) is 12.3. The summed E-state index contributed by atoms with van der Waals surface area (Å²) in [6.07, 6.45) is 1.46. The van der Waals surface area contributed by atoms with Gasteiger partial charge in [-0.05, 0) is 55.2 Å². The molecule has 0 unspecified atom stereocenters. The van der Waals surface area contributed by atoms with Gasteiger partial charge in [0.1, 0.15) is 6.04 Å². The van der Waals surface area contributed by atoms with Gasteiger partial charge in [-0.15, -0.1) is 0 Å². The van der Waals surface area contributed by atoms with Gasteiger partial charge in [-0.3, -0.25) is 13.9 Å². The van der Waals surface area contributed by atoms with Crippen molar-refractivity contribution >= 4 is 50.7 Å². The molecule has 192 valence electrons. The Balaban J connectivity index is 2.15. The zero-order valence-electron chi connectivity index (χ0n) is 20.5. The van der Waals surface area contributed by atoms with Crippen LogP contribution in [0.3, 0.4) is 0 Å². The maximum Gasteiger partial charge on any atom is 0.242 e. The highest BCUT2D eigenvalue weighted by Crippen LogP contribution is 2.23. The quantitative estimate of drug-likeness (QED) is 0.420. The monoisotopic (exact) mass is 541 g/mol. The smallest absolute Gasteiger partial charge is 0.242 e. The molecule has 2 rings (SSSR count). The molecule has 1 N–H and O–H groups in total. The Morgan fingerprint density at radius 3 is 2.23 bits per heavy atom. The summed E-state index contributed by atoms with van der Waals surface area (Å²) >= 11 is 12.0. The Morgan fingerprint density at radius 2 is 1.66 bits per heavy atom. The molecule has 2 aromatic rings. The number of amides is 2. The molecule has 0 fully saturated rings. The van der Waals surface area contributed by atoms with Crippen molar-refractivity contribution in [2.24, 2.45) is 5.92 Å². The van der Waals surface area contributed by atoms with Gasteiger partial charge >= 0.3 is 0 Å². The van der Waals surface area contributed by atoms with Crippen molar-refractivity contribution in [2.75, 3.05) is 23.7 Å². The molecule has 0 saturated carbocycles. The van der Waals surface area contributed by atoms with Gasteiger partial charge in [0.05, 0.1) is 11.9 Å². The Kier molecular flexibility index (Phi) is 10.9. The summed E-state index contributed by atoms with van der Waals surface area (Å²) in [7, 11) is -3.58. The lowest BCUT2D eigenvalue weighted by molar-refractivity contribution is -0.140. The van der Waals surface area contributed by atoms with Crippen LogP contribution < -0.4 is 9.62 Å². The van der Waals surface area contributed by atoms with Crippen LogP contribution in [-0.2, 0) is 26.2 Å². The predicted octanol–water partition coefficient (Wildman–Crippen LogP) is 4.73. The summed E-state index contributed by atoms with van der Waals surface area (Å²) < 4.78 is 26.0. The number of sulfonamides is 1. The molecular weight excluding hydrogens is 509 g/mol. The molecule has 1 atom stereocenters. The van der Waals surface area contributed by atoms with E-state index in [1.54, 1.807) is 43.3 Å². The number of benzene rings is 2. The van der Waals surface area contributed by atoms with Gasteiger partial charge in [-0.2, -0.15) is 0 Å². The SMILES string of the molecule is CC(C)CNC(=O)[C@H](C)N(Cc1ccc(Cl)cc1)C(=O)CCCN(c1cccc(Cl)c1)S(C)(=O)=O. The summed E-state index contributed by atoms with van der Waals surface area (Å²) in [5.41, 5.74) is 1.27. The lowest BCUT2D eigenvalue weighted by Gasteiger charge is -2.29. The van der Waals surface area contributed by atoms with E-state index < -0.39 is 16.1 Å². The molecular formula is C25H33Cl2N3O4S. The minimum Gasteiger partial charge on any atom is -0.354 e. The number of nitrogens with one attached hydrogen (secondary N) is 1. The summed E-state index contributed by atoms with van der Waals surface area (Å²) in [6.45, 7) is 6.53. The number of carbonyl (C=O) groups excluding carboxylic acids is 2. The van der Waals surface area contributed by atoms with E-state index in [4.69, 9.17) is 23.2 Å². The van der Waals surface area contributed by atoms with Crippen LogP contribution in [0.2, 0.25) is 10.0 Å². The van der Waals surface area contributed by atoms with Gasteiger partial charge in [-0.25, -0.2) is 8.42 Å². The third kappa shape index (κ3) is 9.35. The molecule has 10 heteroatoms. The first-order valence-corrected chi connectivity index (χ1v) is 14.0. The van der Waals surface area contributed by atoms with E-state index in [9.17, 15) is 18.0 Å². The van der Waals surface area contributed by atoms with Crippen molar-refractivity contribution in [1.29, 1.82) is 0 Å². The van der Waals surface area contributed by atoms with Crippen LogP contribution in [0.15, 0.2) is 48.5 Å². The Bertz CT molecular complexity index is 1110. The average Bonchev–Trinajstić information content (AvgIpc) is 2.78. The van der Waals surface area contributed by atoms with Gasteiger partial charge in [0, 0.05) is 36.1 Å². The van der Waals surface area contributed by atoms with Crippen LogP contribution in [0.1, 0.15) is 39.2 Å². The van der Waals surface area contributed by atoms with Gasteiger partial charge in [0.25, 0.3) is 0 Å². The molecule has 35 heavy (non-hydrogen) atoms. The minimum absolute atomic E-state index is 0.0714. The molecule has 0 bridgehead atoms. The third-order valence-electron chi connectivity index (χ3n) is 5.37. The average molecular weight is 543 g/mol. The van der Waals surface area contributed by atoms with E-state index in [-0.39, 0.29) is 43.7 Å². The van der Waals surface area contributed by atoms with E-state index in [2.05, 4.69) is 5.32 Å².